The molecule has 1 N–H and O–H groups in total. The summed E-state index contributed by atoms with van der Waals surface area (Å²) in [6.07, 6.45) is 6.39. The van der Waals surface area contributed by atoms with Crippen molar-refractivity contribution in [1.29, 1.82) is 0 Å². The minimum absolute atomic E-state index is 0.153. The molecule has 146 valence electrons. The van der Waals surface area contributed by atoms with Crippen LogP contribution in [-0.2, 0) is 20.7 Å². The molecule has 5 heteroatoms. The first-order valence-corrected chi connectivity index (χ1v) is 10.3. The van der Waals surface area contributed by atoms with E-state index in [0.717, 1.165) is 25.8 Å². The van der Waals surface area contributed by atoms with Gasteiger partial charge in [0.05, 0.1) is 19.7 Å². The molecule has 0 bridgehead atoms. The van der Waals surface area contributed by atoms with E-state index in [2.05, 4.69) is 17.4 Å². The largest absolute Gasteiger partial charge is 0.371 e. The van der Waals surface area contributed by atoms with Crippen molar-refractivity contribution in [3.63, 3.8) is 0 Å². The topological polar surface area (TPSA) is 58.6 Å². The van der Waals surface area contributed by atoms with Gasteiger partial charge < -0.3 is 15.0 Å². The third-order valence-electron chi connectivity index (χ3n) is 6.05. The van der Waals surface area contributed by atoms with Crippen LogP contribution in [0.2, 0.25) is 0 Å². The van der Waals surface area contributed by atoms with E-state index in [1.165, 1.54) is 18.4 Å². The number of rotatable bonds is 8. The van der Waals surface area contributed by atoms with Gasteiger partial charge in [-0.25, -0.2) is 0 Å². The molecule has 1 atom stereocenters. The Balaban J connectivity index is 1.13. The zero-order valence-corrected chi connectivity index (χ0v) is 16.0. The van der Waals surface area contributed by atoms with E-state index in [0.29, 0.717) is 44.4 Å². The van der Waals surface area contributed by atoms with Crippen molar-refractivity contribution in [3.8, 4) is 0 Å². The standard InChI is InChI=1S/C22H30N2O3/c25-20(23-13-18-9-10-18)11-19-12-22(27-14-19)15-24(16-22)21(26)8-4-7-17-5-2-1-3-6-17/h1-3,5-6,18-19H,4,7-16H2,(H,23,25). The molecule has 0 aromatic heterocycles. The van der Waals surface area contributed by atoms with Crippen molar-refractivity contribution in [2.45, 2.75) is 50.5 Å². The lowest BCUT2D eigenvalue weighted by atomic mass is 9.85. The van der Waals surface area contributed by atoms with Crippen LogP contribution in [0.15, 0.2) is 30.3 Å². The Labute approximate surface area is 161 Å². The minimum Gasteiger partial charge on any atom is -0.371 e. The van der Waals surface area contributed by atoms with Crippen LogP contribution in [0.1, 0.15) is 44.1 Å². The highest BCUT2D eigenvalue weighted by Gasteiger charge is 2.51. The van der Waals surface area contributed by atoms with Crippen LogP contribution in [0.4, 0.5) is 0 Å². The van der Waals surface area contributed by atoms with Crippen LogP contribution in [-0.4, -0.2) is 48.6 Å². The van der Waals surface area contributed by atoms with E-state index in [1.54, 1.807) is 0 Å². The first-order chi connectivity index (χ1) is 13.1. The summed E-state index contributed by atoms with van der Waals surface area (Å²) in [6.45, 7) is 2.87. The molecule has 3 fully saturated rings. The molecule has 1 saturated carbocycles. The predicted molar refractivity (Wildman–Crippen MR) is 103 cm³/mol. The second-order valence-corrected chi connectivity index (χ2v) is 8.60. The Morgan fingerprint density at radius 2 is 1.93 bits per heavy atom. The van der Waals surface area contributed by atoms with Crippen LogP contribution in [0.5, 0.6) is 0 Å². The Kier molecular flexibility index (Phi) is 5.48. The lowest BCUT2D eigenvalue weighted by molar-refractivity contribution is -0.157. The fourth-order valence-electron chi connectivity index (χ4n) is 4.28. The van der Waals surface area contributed by atoms with Gasteiger partial charge in [0.15, 0.2) is 0 Å². The van der Waals surface area contributed by atoms with Crippen LogP contribution in [0.25, 0.3) is 0 Å². The van der Waals surface area contributed by atoms with Crippen molar-refractivity contribution in [2.24, 2.45) is 11.8 Å². The van der Waals surface area contributed by atoms with Gasteiger partial charge >= 0.3 is 0 Å². The lowest BCUT2D eigenvalue weighted by Gasteiger charge is -2.47. The van der Waals surface area contributed by atoms with E-state index in [-0.39, 0.29) is 17.4 Å². The number of hydrogen-bond acceptors (Lipinski definition) is 3. The van der Waals surface area contributed by atoms with Gasteiger partial charge in [-0.2, -0.15) is 0 Å². The van der Waals surface area contributed by atoms with Crippen molar-refractivity contribution >= 4 is 11.8 Å². The molecule has 1 spiro atoms. The summed E-state index contributed by atoms with van der Waals surface area (Å²) < 4.78 is 6.01. The van der Waals surface area contributed by atoms with E-state index in [1.807, 2.05) is 23.1 Å². The average molecular weight is 370 g/mol. The molecule has 27 heavy (non-hydrogen) atoms. The molecule has 2 heterocycles. The molecule has 1 aromatic rings. The number of likely N-dealkylation sites (tertiary alicyclic amines) is 1. The molecule has 2 aliphatic heterocycles. The van der Waals surface area contributed by atoms with Gasteiger partial charge in [-0.1, -0.05) is 30.3 Å². The number of nitrogens with zero attached hydrogens (tertiary/aromatic N) is 1. The van der Waals surface area contributed by atoms with Crippen molar-refractivity contribution < 1.29 is 14.3 Å². The highest BCUT2D eigenvalue weighted by molar-refractivity contribution is 5.78. The summed E-state index contributed by atoms with van der Waals surface area (Å²) in [5.41, 5.74) is 1.10. The fourth-order valence-corrected chi connectivity index (χ4v) is 4.28. The molecule has 2 saturated heterocycles. The predicted octanol–water partition coefficient (Wildman–Crippen LogP) is 2.54. The summed E-state index contributed by atoms with van der Waals surface area (Å²) in [5, 5.41) is 3.04. The van der Waals surface area contributed by atoms with Gasteiger partial charge in [0.1, 0.15) is 5.60 Å². The summed E-state index contributed by atoms with van der Waals surface area (Å²) in [5.74, 6) is 1.39. The van der Waals surface area contributed by atoms with Crippen molar-refractivity contribution in [2.75, 3.05) is 26.2 Å². The van der Waals surface area contributed by atoms with Crippen molar-refractivity contribution in [1.82, 2.24) is 10.2 Å². The second-order valence-electron chi connectivity index (χ2n) is 8.60. The molecule has 4 rings (SSSR count). The maximum absolute atomic E-state index is 12.4. The van der Waals surface area contributed by atoms with Crippen LogP contribution in [0.3, 0.4) is 0 Å². The summed E-state index contributed by atoms with van der Waals surface area (Å²) in [6, 6.07) is 10.3. The van der Waals surface area contributed by atoms with Gasteiger partial charge in [-0.15, -0.1) is 0 Å². The molecular formula is C22H30N2O3. The molecular weight excluding hydrogens is 340 g/mol. The fraction of sp³-hybridized carbons (Fsp3) is 0.636. The highest BCUT2D eigenvalue weighted by atomic mass is 16.5. The minimum atomic E-state index is -0.184. The molecule has 3 aliphatic rings. The normalized spacial score (nSPS) is 23.3. The van der Waals surface area contributed by atoms with E-state index in [9.17, 15) is 9.59 Å². The monoisotopic (exact) mass is 370 g/mol. The maximum Gasteiger partial charge on any atom is 0.222 e. The second kappa shape index (κ2) is 8.01. The van der Waals surface area contributed by atoms with Gasteiger partial charge in [0, 0.05) is 19.4 Å². The zero-order chi connectivity index (χ0) is 18.7. The quantitative estimate of drug-likeness (QED) is 0.765. The average Bonchev–Trinajstić information content (AvgIpc) is 3.38. The van der Waals surface area contributed by atoms with E-state index in [4.69, 9.17) is 4.74 Å². The van der Waals surface area contributed by atoms with Gasteiger partial charge in [0.25, 0.3) is 0 Å². The number of carbonyl (C=O) groups excluding carboxylic acids is 2. The Morgan fingerprint density at radius 3 is 2.67 bits per heavy atom. The van der Waals surface area contributed by atoms with Gasteiger partial charge in [-0.05, 0) is 49.5 Å². The molecule has 5 nitrogen and oxygen atoms in total. The smallest absolute Gasteiger partial charge is 0.222 e. The number of amides is 2. The van der Waals surface area contributed by atoms with E-state index < -0.39 is 0 Å². The summed E-state index contributed by atoms with van der Waals surface area (Å²) in [7, 11) is 0. The van der Waals surface area contributed by atoms with Gasteiger partial charge in [-0.3, -0.25) is 9.59 Å². The number of carbonyl (C=O) groups is 2. The zero-order valence-electron chi connectivity index (χ0n) is 16.0. The number of nitrogens with one attached hydrogen (secondary N) is 1. The van der Waals surface area contributed by atoms with E-state index >= 15 is 0 Å². The molecule has 1 unspecified atom stereocenters. The van der Waals surface area contributed by atoms with Crippen LogP contribution < -0.4 is 5.32 Å². The molecule has 2 amide bonds. The third-order valence-corrected chi connectivity index (χ3v) is 6.05. The summed E-state index contributed by atoms with van der Waals surface area (Å²) >= 11 is 0. The number of hydrogen-bond donors (Lipinski definition) is 1. The third kappa shape index (κ3) is 4.89. The Hall–Kier alpha value is -1.88. The Bertz CT molecular complexity index is 665. The van der Waals surface area contributed by atoms with Crippen molar-refractivity contribution in [3.05, 3.63) is 35.9 Å². The highest BCUT2D eigenvalue weighted by Crippen LogP contribution is 2.39. The number of ether oxygens (including phenoxy) is 1. The molecule has 1 aromatic carbocycles. The van der Waals surface area contributed by atoms with Crippen LogP contribution >= 0.6 is 0 Å². The van der Waals surface area contributed by atoms with Gasteiger partial charge in [0.2, 0.25) is 11.8 Å². The van der Waals surface area contributed by atoms with Crippen LogP contribution in [0, 0.1) is 11.8 Å². The maximum atomic E-state index is 12.4. The summed E-state index contributed by atoms with van der Waals surface area (Å²) in [4.78, 5) is 26.3. The number of benzene rings is 1. The molecule has 1 aliphatic carbocycles. The first-order valence-electron chi connectivity index (χ1n) is 10.3. The lowest BCUT2D eigenvalue weighted by Crippen LogP contribution is -2.63. The SMILES string of the molecule is O=C(CC1COC2(C1)CN(C(=O)CCCc1ccccc1)C2)NCC1CC1. The molecule has 0 radical (unpaired) electrons. The first kappa shape index (κ1) is 18.5. The number of aryl methyl sites for hydroxylation is 1. The Morgan fingerprint density at radius 1 is 1.15 bits per heavy atom.